The smallest absolute Gasteiger partial charge is 0.337 e. The average Bonchev–Trinajstić information content (AvgIpc) is 2.72. The summed E-state index contributed by atoms with van der Waals surface area (Å²) in [5.74, 6) is 0.851. The second-order valence-electron chi connectivity index (χ2n) is 6.65. The van der Waals surface area contributed by atoms with Crippen LogP contribution in [0.15, 0.2) is 59.9 Å². The highest BCUT2D eigenvalue weighted by atomic mass is 16.5. The maximum absolute atomic E-state index is 12.4. The lowest BCUT2D eigenvalue weighted by Gasteiger charge is -2.16. The van der Waals surface area contributed by atoms with Gasteiger partial charge in [0.1, 0.15) is 18.2 Å². The van der Waals surface area contributed by atoms with Gasteiger partial charge in [-0.2, -0.15) is 0 Å². The van der Waals surface area contributed by atoms with E-state index >= 15 is 0 Å². The lowest BCUT2D eigenvalue weighted by molar-refractivity contribution is 0.0601. The molecule has 1 aromatic heterocycles. The fourth-order valence-electron chi connectivity index (χ4n) is 2.98. The Morgan fingerprint density at radius 1 is 1.21 bits per heavy atom. The molecule has 0 radical (unpaired) electrons. The van der Waals surface area contributed by atoms with Gasteiger partial charge in [0.25, 0.3) is 5.56 Å². The van der Waals surface area contributed by atoms with Gasteiger partial charge in [0.05, 0.1) is 30.1 Å². The van der Waals surface area contributed by atoms with Crippen LogP contribution in [0.4, 0.5) is 0 Å². The molecule has 1 N–H and O–H groups in total. The Labute approximate surface area is 168 Å². The van der Waals surface area contributed by atoms with Crippen LogP contribution >= 0.6 is 0 Å². The van der Waals surface area contributed by atoms with Crippen molar-refractivity contribution in [1.29, 1.82) is 0 Å². The van der Waals surface area contributed by atoms with Crippen molar-refractivity contribution in [2.24, 2.45) is 0 Å². The molecule has 0 aliphatic rings. The number of aromatic amines is 1. The first-order valence-corrected chi connectivity index (χ1v) is 9.12. The number of H-pyrrole nitrogens is 1. The number of nitrogens with one attached hydrogen (secondary N) is 1. The molecule has 0 fully saturated rings. The first-order valence-electron chi connectivity index (χ1n) is 9.12. The number of carbonyl (C=O) groups is 1. The maximum atomic E-state index is 12.4. The molecule has 2 aromatic carbocycles. The van der Waals surface area contributed by atoms with Gasteiger partial charge >= 0.3 is 5.97 Å². The molecule has 3 rings (SSSR count). The lowest BCUT2D eigenvalue weighted by atomic mass is 10.1. The molecule has 0 saturated carbocycles. The molecular weight excluding hydrogens is 370 g/mol. The molecule has 0 spiro atoms. The molecule has 3 aromatic rings. The minimum atomic E-state index is -0.465. The van der Waals surface area contributed by atoms with Crippen LogP contribution in [0.25, 0.3) is 10.9 Å². The fourth-order valence-corrected chi connectivity index (χ4v) is 2.98. The van der Waals surface area contributed by atoms with Gasteiger partial charge in [-0.1, -0.05) is 24.8 Å². The van der Waals surface area contributed by atoms with E-state index in [9.17, 15) is 9.59 Å². The monoisotopic (exact) mass is 393 g/mol. The van der Waals surface area contributed by atoms with Crippen LogP contribution in [-0.2, 0) is 17.8 Å². The van der Waals surface area contributed by atoms with Crippen molar-refractivity contribution in [2.75, 3.05) is 20.8 Å². The summed E-state index contributed by atoms with van der Waals surface area (Å²) in [5.41, 5.74) is 1.69. The molecule has 1 heterocycles. The van der Waals surface area contributed by atoms with Crippen LogP contribution in [0.5, 0.6) is 5.75 Å². The van der Waals surface area contributed by atoms with Gasteiger partial charge in [-0.3, -0.25) is 9.69 Å². The Bertz CT molecular complexity index is 1070. The number of hydrogen-bond acceptors (Lipinski definition) is 6. The van der Waals surface area contributed by atoms with E-state index in [4.69, 9.17) is 9.47 Å². The number of carbonyl (C=O) groups excluding carboxylic acids is 1. The van der Waals surface area contributed by atoms with E-state index in [2.05, 4.69) is 16.5 Å². The minimum Gasteiger partial charge on any atom is -0.490 e. The van der Waals surface area contributed by atoms with E-state index in [1.807, 2.05) is 36.2 Å². The zero-order chi connectivity index (χ0) is 20.8. The van der Waals surface area contributed by atoms with Crippen molar-refractivity contribution in [3.8, 4) is 5.75 Å². The first kappa shape index (κ1) is 20.3. The predicted molar refractivity (Wildman–Crippen MR) is 111 cm³/mol. The molecule has 0 aliphatic carbocycles. The summed E-state index contributed by atoms with van der Waals surface area (Å²) in [4.78, 5) is 33.4. The van der Waals surface area contributed by atoms with Gasteiger partial charge in [-0.15, -0.1) is 0 Å². The number of methoxy groups -OCH3 is 1. The average molecular weight is 393 g/mol. The molecule has 0 saturated heterocycles. The normalized spacial score (nSPS) is 10.9. The molecule has 7 heteroatoms. The number of benzene rings is 2. The zero-order valence-electron chi connectivity index (χ0n) is 16.5. The number of hydrogen-bond donors (Lipinski definition) is 1. The third-order valence-electron chi connectivity index (χ3n) is 4.34. The number of esters is 1. The SMILES string of the molecule is C=CCOc1ccc(CN(C)Cc2nc3cc(C(=O)OC)ccc3c(=O)[nH]2)cc1. The number of rotatable bonds is 8. The Morgan fingerprint density at radius 3 is 2.66 bits per heavy atom. The molecule has 0 bridgehead atoms. The van der Waals surface area contributed by atoms with Crippen LogP contribution < -0.4 is 10.3 Å². The number of fused-ring (bicyclic) bond motifs is 1. The molecule has 0 unspecified atom stereocenters. The molecule has 150 valence electrons. The van der Waals surface area contributed by atoms with Gasteiger partial charge in [-0.05, 0) is 42.9 Å². The van der Waals surface area contributed by atoms with Crippen LogP contribution in [0, 0.1) is 0 Å². The van der Waals surface area contributed by atoms with Crippen molar-refractivity contribution < 1.29 is 14.3 Å². The van der Waals surface area contributed by atoms with Crippen LogP contribution in [0.3, 0.4) is 0 Å². The highest BCUT2D eigenvalue weighted by Gasteiger charge is 2.11. The zero-order valence-corrected chi connectivity index (χ0v) is 16.5. The van der Waals surface area contributed by atoms with E-state index in [1.54, 1.807) is 24.3 Å². The van der Waals surface area contributed by atoms with Crippen molar-refractivity contribution in [2.45, 2.75) is 13.1 Å². The molecule has 0 atom stereocenters. The Kier molecular flexibility index (Phi) is 6.41. The van der Waals surface area contributed by atoms with Crippen LogP contribution in [-0.4, -0.2) is 41.6 Å². The third-order valence-corrected chi connectivity index (χ3v) is 4.34. The summed E-state index contributed by atoms with van der Waals surface area (Å²) in [6.07, 6.45) is 1.70. The largest absolute Gasteiger partial charge is 0.490 e. The van der Waals surface area contributed by atoms with Crippen molar-refractivity contribution in [3.05, 3.63) is 82.4 Å². The van der Waals surface area contributed by atoms with Gasteiger partial charge < -0.3 is 14.5 Å². The highest BCUT2D eigenvalue weighted by Crippen LogP contribution is 2.15. The standard InChI is InChI=1S/C22H23N3O4/c1-4-11-29-17-8-5-15(6-9-17)13-25(2)14-20-23-19-12-16(22(27)28-3)7-10-18(19)21(26)24-20/h4-10,12H,1,11,13-14H2,2-3H3,(H,23,24,26). The van der Waals surface area contributed by atoms with Gasteiger partial charge in [0, 0.05) is 6.54 Å². The summed E-state index contributed by atoms with van der Waals surface area (Å²) in [5, 5.41) is 0.430. The predicted octanol–water partition coefficient (Wildman–Crippen LogP) is 2.91. The lowest BCUT2D eigenvalue weighted by Crippen LogP contribution is -2.22. The first-order chi connectivity index (χ1) is 14.0. The Hall–Kier alpha value is -3.45. The summed E-state index contributed by atoms with van der Waals surface area (Å²) in [6, 6.07) is 12.5. The van der Waals surface area contributed by atoms with E-state index < -0.39 is 5.97 Å². The number of aromatic nitrogens is 2. The van der Waals surface area contributed by atoms with Gasteiger partial charge in [-0.25, -0.2) is 9.78 Å². The Balaban J connectivity index is 1.73. The summed E-state index contributed by atoms with van der Waals surface area (Å²) >= 11 is 0. The molecule has 0 amide bonds. The van der Waals surface area contributed by atoms with Crippen molar-refractivity contribution >= 4 is 16.9 Å². The van der Waals surface area contributed by atoms with Gasteiger partial charge in [0.2, 0.25) is 0 Å². The second kappa shape index (κ2) is 9.16. The molecule has 29 heavy (non-hydrogen) atoms. The van der Waals surface area contributed by atoms with E-state index in [0.29, 0.717) is 42.0 Å². The third kappa shape index (κ3) is 5.08. The van der Waals surface area contributed by atoms with Gasteiger partial charge in [0.15, 0.2) is 0 Å². The Morgan fingerprint density at radius 2 is 1.97 bits per heavy atom. The highest BCUT2D eigenvalue weighted by molar-refractivity contribution is 5.93. The molecule has 0 aliphatic heterocycles. The summed E-state index contributed by atoms with van der Waals surface area (Å²) in [7, 11) is 3.26. The van der Waals surface area contributed by atoms with Crippen LogP contribution in [0.1, 0.15) is 21.7 Å². The molecular formula is C22H23N3O4. The number of ether oxygens (including phenoxy) is 2. The maximum Gasteiger partial charge on any atom is 0.337 e. The van der Waals surface area contributed by atoms with Crippen molar-refractivity contribution in [1.82, 2.24) is 14.9 Å². The fraction of sp³-hybridized carbons (Fsp3) is 0.227. The van der Waals surface area contributed by atoms with E-state index in [1.165, 1.54) is 7.11 Å². The summed E-state index contributed by atoms with van der Waals surface area (Å²) in [6.45, 7) is 5.22. The van der Waals surface area contributed by atoms with Crippen molar-refractivity contribution in [3.63, 3.8) is 0 Å². The second-order valence-corrected chi connectivity index (χ2v) is 6.65. The van der Waals surface area contributed by atoms with E-state index in [-0.39, 0.29) is 5.56 Å². The van der Waals surface area contributed by atoms with E-state index in [0.717, 1.165) is 11.3 Å². The molecule has 7 nitrogen and oxygen atoms in total. The van der Waals surface area contributed by atoms with Crippen LogP contribution in [0.2, 0.25) is 0 Å². The minimum absolute atomic E-state index is 0.237. The summed E-state index contributed by atoms with van der Waals surface area (Å²) < 4.78 is 10.2. The topological polar surface area (TPSA) is 84.5 Å². The quantitative estimate of drug-likeness (QED) is 0.468. The number of nitrogens with zero attached hydrogens (tertiary/aromatic N) is 2.